The third kappa shape index (κ3) is 5.43. The van der Waals surface area contributed by atoms with Crippen LogP contribution in [0.15, 0.2) is 30.6 Å². The van der Waals surface area contributed by atoms with Crippen LogP contribution in [0, 0.1) is 11.8 Å². The SMILES string of the molecule is CC(C)n1ncc2ccc(Nc3cc(N4CC[C@@H](C)[C@H](N)C4)c(CCC4CCOCC4)cn3)nc21. The van der Waals surface area contributed by atoms with E-state index in [1.807, 2.05) is 16.9 Å². The number of nitrogens with one attached hydrogen (secondary N) is 1. The van der Waals surface area contributed by atoms with Crippen LogP contribution >= 0.6 is 0 Å². The smallest absolute Gasteiger partial charge is 0.160 e. The molecule has 2 atom stereocenters. The highest BCUT2D eigenvalue weighted by Crippen LogP contribution is 2.31. The molecule has 3 N–H and O–H groups in total. The van der Waals surface area contributed by atoms with E-state index in [0.29, 0.717) is 5.92 Å². The summed E-state index contributed by atoms with van der Waals surface area (Å²) in [5, 5.41) is 8.97. The first-order chi connectivity index (χ1) is 17.0. The number of pyridine rings is 2. The third-order valence-electron chi connectivity index (χ3n) is 7.67. The monoisotopic (exact) mass is 477 g/mol. The Morgan fingerprint density at radius 3 is 2.74 bits per heavy atom. The number of rotatable bonds is 7. The summed E-state index contributed by atoms with van der Waals surface area (Å²) in [5.74, 6) is 2.87. The number of nitrogens with two attached hydrogens (primary N) is 1. The van der Waals surface area contributed by atoms with Crippen molar-refractivity contribution in [1.29, 1.82) is 0 Å². The van der Waals surface area contributed by atoms with Gasteiger partial charge < -0.3 is 20.7 Å². The van der Waals surface area contributed by atoms with Crippen molar-refractivity contribution in [2.45, 2.75) is 65.0 Å². The van der Waals surface area contributed by atoms with Crippen LogP contribution in [-0.2, 0) is 11.2 Å². The topological polar surface area (TPSA) is 94.1 Å². The Bertz CT molecular complexity index is 1140. The van der Waals surface area contributed by atoms with E-state index < -0.39 is 0 Å². The van der Waals surface area contributed by atoms with Crippen molar-refractivity contribution in [2.24, 2.45) is 17.6 Å². The molecule has 0 radical (unpaired) electrons. The van der Waals surface area contributed by atoms with Crippen LogP contribution in [0.1, 0.15) is 58.1 Å². The maximum atomic E-state index is 6.48. The number of anilines is 3. The second kappa shape index (κ2) is 10.5. The number of ether oxygens (including phenoxy) is 1. The van der Waals surface area contributed by atoms with Crippen molar-refractivity contribution in [2.75, 3.05) is 36.5 Å². The number of hydrogen-bond acceptors (Lipinski definition) is 7. The van der Waals surface area contributed by atoms with Gasteiger partial charge in [-0.15, -0.1) is 0 Å². The summed E-state index contributed by atoms with van der Waals surface area (Å²) in [7, 11) is 0. The summed E-state index contributed by atoms with van der Waals surface area (Å²) in [6, 6.07) is 6.68. The van der Waals surface area contributed by atoms with E-state index >= 15 is 0 Å². The Hall–Kier alpha value is -2.71. The molecule has 188 valence electrons. The van der Waals surface area contributed by atoms with Gasteiger partial charge in [0.1, 0.15) is 11.6 Å². The molecule has 8 heteroatoms. The van der Waals surface area contributed by atoms with E-state index in [0.717, 1.165) is 80.6 Å². The molecular weight excluding hydrogens is 438 g/mol. The Morgan fingerprint density at radius 1 is 1.14 bits per heavy atom. The number of hydrogen-bond donors (Lipinski definition) is 2. The van der Waals surface area contributed by atoms with E-state index in [2.05, 4.69) is 54.4 Å². The molecule has 0 bridgehead atoms. The lowest BCUT2D eigenvalue weighted by atomic mass is 9.91. The average Bonchev–Trinajstić information content (AvgIpc) is 3.29. The van der Waals surface area contributed by atoms with Gasteiger partial charge in [0, 0.05) is 61.7 Å². The van der Waals surface area contributed by atoms with E-state index in [9.17, 15) is 0 Å². The van der Waals surface area contributed by atoms with Crippen LogP contribution in [0.3, 0.4) is 0 Å². The van der Waals surface area contributed by atoms with Crippen molar-refractivity contribution in [3.8, 4) is 0 Å². The molecule has 2 saturated heterocycles. The number of piperidine rings is 1. The van der Waals surface area contributed by atoms with Gasteiger partial charge in [0.25, 0.3) is 0 Å². The summed E-state index contributed by atoms with van der Waals surface area (Å²) in [6.45, 7) is 10.2. The lowest BCUT2D eigenvalue weighted by Gasteiger charge is -2.37. The molecule has 2 fully saturated rings. The van der Waals surface area contributed by atoms with E-state index in [1.165, 1.54) is 17.7 Å². The molecule has 5 heterocycles. The summed E-state index contributed by atoms with van der Waals surface area (Å²) in [5.41, 5.74) is 9.93. The summed E-state index contributed by atoms with van der Waals surface area (Å²) < 4.78 is 7.51. The molecule has 3 aromatic heterocycles. The minimum atomic E-state index is 0.192. The molecule has 5 rings (SSSR count). The Labute approximate surface area is 208 Å². The first-order valence-corrected chi connectivity index (χ1v) is 13.2. The zero-order valence-corrected chi connectivity index (χ0v) is 21.3. The van der Waals surface area contributed by atoms with Gasteiger partial charge in [0.2, 0.25) is 0 Å². The molecule has 0 saturated carbocycles. The molecule has 0 aliphatic carbocycles. The maximum Gasteiger partial charge on any atom is 0.160 e. The van der Waals surface area contributed by atoms with Crippen molar-refractivity contribution >= 4 is 28.4 Å². The molecule has 0 amide bonds. The van der Waals surface area contributed by atoms with E-state index in [1.54, 1.807) is 0 Å². The van der Waals surface area contributed by atoms with Gasteiger partial charge >= 0.3 is 0 Å². The predicted molar refractivity (Wildman–Crippen MR) is 141 cm³/mol. The highest BCUT2D eigenvalue weighted by Gasteiger charge is 2.25. The van der Waals surface area contributed by atoms with Gasteiger partial charge in [-0.2, -0.15) is 5.10 Å². The minimum Gasteiger partial charge on any atom is -0.381 e. The highest BCUT2D eigenvalue weighted by molar-refractivity contribution is 5.77. The van der Waals surface area contributed by atoms with Gasteiger partial charge in [0.15, 0.2) is 5.65 Å². The second-order valence-electron chi connectivity index (χ2n) is 10.6. The average molecular weight is 478 g/mol. The van der Waals surface area contributed by atoms with Crippen molar-refractivity contribution < 1.29 is 4.74 Å². The Kier molecular flexibility index (Phi) is 7.20. The lowest BCUT2D eigenvalue weighted by molar-refractivity contribution is 0.0640. The van der Waals surface area contributed by atoms with Crippen LogP contribution in [0.4, 0.5) is 17.3 Å². The molecule has 2 aliphatic rings. The molecule has 35 heavy (non-hydrogen) atoms. The fraction of sp³-hybridized carbons (Fsp3) is 0.593. The van der Waals surface area contributed by atoms with Gasteiger partial charge in [-0.05, 0) is 75.5 Å². The minimum absolute atomic E-state index is 0.192. The molecule has 2 aliphatic heterocycles. The van der Waals surface area contributed by atoms with Crippen molar-refractivity contribution in [1.82, 2.24) is 19.7 Å². The summed E-state index contributed by atoms with van der Waals surface area (Å²) >= 11 is 0. The van der Waals surface area contributed by atoms with Crippen molar-refractivity contribution in [3.63, 3.8) is 0 Å². The molecular formula is C27H39N7O. The molecule has 0 spiro atoms. The number of nitrogens with zero attached hydrogens (tertiary/aromatic N) is 5. The van der Waals surface area contributed by atoms with Gasteiger partial charge in [-0.25, -0.2) is 14.6 Å². The quantitative estimate of drug-likeness (QED) is 0.510. The molecule has 3 aromatic rings. The molecule has 0 aromatic carbocycles. The van der Waals surface area contributed by atoms with Crippen LogP contribution in [0.25, 0.3) is 11.0 Å². The Balaban J connectivity index is 1.40. The maximum absolute atomic E-state index is 6.48. The van der Waals surface area contributed by atoms with Crippen LogP contribution < -0.4 is 16.0 Å². The first-order valence-electron chi connectivity index (χ1n) is 13.2. The Morgan fingerprint density at radius 2 is 1.97 bits per heavy atom. The zero-order chi connectivity index (χ0) is 24.4. The zero-order valence-electron chi connectivity index (χ0n) is 21.3. The lowest BCUT2D eigenvalue weighted by Crippen LogP contribution is -2.48. The molecule has 8 nitrogen and oxygen atoms in total. The predicted octanol–water partition coefficient (Wildman–Crippen LogP) is 4.68. The first kappa shape index (κ1) is 24.0. The second-order valence-corrected chi connectivity index (χ2v) is 10.6. The summed E-state index contributed by atoms with van der Waals surface area (Å²) in [4.78, 5) is 12.1. The third-order valence-corrected chi connectivity index (χ3v) is 7.67. The highest BCUT2D eigenvalue weighted by atomic mass is 16.5. The fourth-order valence-electron chi connectivity index (χ4n) is 5.24. The van der Waals surface area contributed by atoms with Crippen LogP contribution in [0.5, 0.6) is 0 Å². The fourth-order valence-corrected chi connectivity index (χ4v) is 5.24. The van der Waals surface area contributed by atoms with Gasteiger partial charge in [0.05, 0.1) is 6.20 Å². The van der Waals surface area contributed by atoms with Crippen molar-refractivity contribution in [3.05, 3.63) is 36.2 Å². The van der Waals surface area contributed by atoms with Crippen LogP contribution in [-0.4, -0.2) is 52.1 Å². The standard InChI is InChI=1S/C27H39N7O/c1-18(2)34-27-22(16-30-34)6-7-25(32-27)31-26-14-24(33-11-8-19(3)23(28)17-33)21(15-29-26)5-4-20-9-12-35-13-10-20/h6-7,14-16,18-20,23H,4-5,8-13,17,28H2,1-3H3,(H,29,31,32)/t19-,23-/m1/s1. The van der Waals surface area contributed by atoms with E-state index in [4.69, 9.17) is 20.4 Å². The summed E-state index contributed by atoms with van der Waals surface area (Å²) in [6.07, 6.45) is 9.58. The number of aromatic nitrogens is 4. The normalized spacial score (nSPS) is 21.7. The van der Waals surface area contributed by atoms with Gasteiger partial charge in [-0.3, -0.25) is 0 Å². The largest absolute Gasteiger partial charge is 0.381 e. The van der Waals surface area contributed by atoms with Gasteiger partial charge in [-0.1, -0.05) is 6.92 Å². The van der Waals surface area contributed by atoms with E-state index in [-0.39, 0.29) is 12.1 Å². The number of aryl methyl sites for hydroxylation is 1. The number of fused-ring (bicyclic) bond motifs is 1. The van der Waals surface area contributed by atoms with Crippen LogP contribution in [0.2, 0.25) is 0 Å². The molecule has 0 unspecified atom stereocenters.